The minimum atomic E-state index is -0.500. The fourth-order valence-corrected chi connectivity index (χ4v) is 3.85. The zero-order valence-corrected chi connectivity index (χ0v) is 21.6. The average molecular weight is 552 g/mol. The van der Waals surface area contributed by atoms with E-state index >= 15 is 0 Å². The monoisotopic (exact) mass is 551 g/mol. The molecule has 0 unspecified atom stereocenters. The van der Waals surface area contributed by atoms with E-state index in [2.05, 4.69) is 41.4 Å². The minimum Gasteiger partial charge on any atom is -0.495 e. The minimum absolute atomic E-state index is 0.245. The molecule has 2 aromatic heterocycles. The molecule has 2 heterocycles. The number of aromatic nitrogens is 4. The lowest BCUT2D eigenvalue weighted by molar-refractivity contribution is 0.412. The van der Waals surface area contributed by atoms with Gasteiger partial charge in [-0.1, -0.05) is 19.9 Å². The van der Waals surface area contributed by atoms with Gasteiger partial charge in [0, 0.05) is 30.0 Å². The molecular formula is C26H23BrFN5O3. The Bertz CT molecular complexity index is 1510. The van der Waals surface area contributed by atoms with E-state index < -0.39 is 5.82 Å². The van der Waals surface area contributed by atoms with Gasteiger partial charge in [0.15, 0.2) is 0 Å². The van der Waals surface area contributed by atoms with Crippen LogP contribution in [0.3, 0.4) is 0 Å². The Kier molecular flexibility index (Phi) is 7.74. The smallest absolute Gasteiger partial charge is 0.247 e. The number of ether oxygens (including phenoxy) is 2. The van der Waals surface area contributed by atoms with Crippen LogP contribution in [0.4, 0.5) is 15.9 Å². The molecular weight excluding hydrogens is 529 g/mol. The molecule has 1 N–H and O–H groups in total. The fraction of sp³-hybridized carbons (Fsp3) is 0.154. The van der Waals surface area contributed by atoms with Gasteiger partial charge in [-0.05, 0) is 52.3 Å². The Morgan fingerprint density at radius 2 is 1.78 bits per heavy atom. The number of halogens is 2. The number of methoxy groups -OCH3 is 1. The van der Waals surface area contributed by atoms with Crippen LogP contribution in [-0.4, -0.2) is 27.3 Å². The van der Waals surface area contributed by atoms with Gasteiger partial charge >= 0.3 is 0 Å². The molecule has 5 rings (SSSR count). The summed E-state index contributed by atoms with van der Waals surface area (Å²) in [7, 11) is 1.58. The van der Waals surface area contributed by atoms with E-state index in [-0.39, 0.29) is 5.69 Å². The summed E-state index contributed by atoms with van der Waals surface area (Å²) in [5.41, 5.74) is 1.61. The van der Waals surface area contributed by atoms with Crippen LogP contribution in [0.2, 0.25) is 0 Å². The van der Waals surface area contributed by atoms with Gasteiger partial charge in [0.2, 0.25) is 11.8 Å². The van der Waals surface area contributed by atoms with Crippen LogP contribution in [-0.2, 0) is 0 Å². The zero-order chi connectivity index (χ0) is 25.7. The Balaban J connectivity index is 0.00000148. The first-order chi connectivity index (χ1) is 17.5. The summed E-state index contributed by atoms with van der Waals surface area (Å²) < 4.78 is 32.3. The number of aryl methyl sites for hydroxylation is 1. The Hall–Kier alpha value is -4.05. The van der Waals surface area contributed by atoms with E-state index in [1.54, 1.807) is 50.4 Å². The normalized spacial score (nSPS) is 10.5. The van der Waals surface area contributed by atoms with Crippen LogP contribution >= 0.6 is 15.9 Å². The van der Waals surface area contributed by atoms with E-state index in [1.165, 1.54) is 12.4 Å². The number of hydrogen-bond donors (Lipinski definition) is 1. The van der Waals surface area contributed by atoms with Crippen molar-refractivity contribution in [2.45, 2.75) is 20.8 Å². The fourth-order valence-electron chi connectivity index (χ4n) is 3.34. The van der Waals surface area contributed by atoms with Crippen molar-refractivity contribution in [2.24, 2.45) is 0 Å². The quantitative estimate of drug-likeness (QED) is 0.232. The summed E-state index contributed by atoms with van der Waals surface area (Å²) in [6.45, 7) is 5.72. The van der Waals surface area contributed by atoms with Crippen LogP contribution in [0.15, 0.2) is 69.8 Å². The van der Waals surface area contributed by atoms with Crippen molar-refractivity contribution < 1.29 is 18.3 Å². The van der Waals surface area contributed by atoms with Crippen LogP contribution in [0.1, 0.15) is 19.7 Å². The molecule has 36 heavy (non-hydrogen) atoms. The van der Waals surface area contributed by atoms with Gasteiger partial charge < -0.3 is 19.2 Å². The van der Waals surface area contributed by atoms with Crippen LogP contribution in [0, 0.1) is 12.7 Å². The van der Waals surface area contributed by atoms with Crippen molar-refractivity contribution in [3.05, 3.63) is 77.1 Å². The maximum atomic E-state index is 14.9. The van der Waals surface area contributed by atoms with Gasteiger partial charge in [0.05, 0.1) is 22.8 Å². The molecule has 0 aliphatic rings. The molecule has 0 saturated carbocycles. The Labute approximate surface area is 215 Å². The summed E-state index contributed by atoms with van der Waals surface area (Å²) in [4.78, 5) is 8.53. The molecule has 5 aromatic rings. The summed E-state index contributed by atoms with van der Waals surface area (Å²) in [5, 5.41) is 11.6. The number of fused-ring (bicyclic) bond motifs is 1. The lowest BCUT2D eigenvalue weighted by Crippen LogP contribution is -1.99. The lowest BCUT2D eigenvalue weighted by Gasteiger charge is -2.12. The second-order valence-corrected chi connectivity index (χ2v) is 8.10. The second kappa shape index (κ2) is 11.1. The third-order valence-corrected chi connectivity index (χ3v) is 5.56. The molecule has 0 saturated heterocycles. The highest BCUT2D eigenvalue weighted by Gasteiger charge is 2.13. The summed E-state index contributed by atoms with van der Waals surface area (Å²) in [6.07, 6.45) is 1.41. The number of rotatable bonds is 6. The molecule has 0 amide bonds. The summed E-state index contributed by atoms with van der Waals surface area (Å²) in [5.74, 6) is 2.30. The van der Waals surface area contributed by atoms with Crippen molar-refractivity contribution in [3.63, 3.8) is 0 Å². The number of hydrogen-bond acceptors (Lipinski definition) is 8. The maximum absolute atomic E-state index is 14.9. The van der Waals surface area contributed by atoms with E-state index in [0.29, 0.717) is 51.3 Å². The van der Waals surface area contributed by atoms with Gasteiger partial charge in [0.25, 0.3) is 0 Å². The first-order valence-corrected chi connectivity index (χ1v) is 11.9. The van der Waals surface area contributed by atoms with E-state index in [9.17, 15) is 4.39 Å². The average Bonchev–Trinajstić information content (AvgIpc) is 3.33. The lowest BCUT2D eigenvalue weighted by atomic mass is 10.2. The molecule has 0 atom stereocenters. The molecule has 0 bridgehead atoms. The van der Waals surface area contributed by atoms with Crippen molar-refractivity contribution >= 4 is 38.3 Å². The molecule has 0 aliphatic heterocycles. The molecule has 184 valence electrons. The van der Waals surface area contributed by atoms with Crippen LogP contribution in [0.25, 0.3) is 22.4 Å². The predicted octanol–water partition coefficient (Wildman–Crippen LogP) is 7.46. The first kappa shape index (κ1) is 25.1. The van der Waals surface area contributed by atoms with Crippen molar-refractivity contribution in [1.29, 1.82) is 0 Å². The van der Waals surface area contributed by atoms with Gasteiger partial charge in [-0.3, -0.25) is 0 Å². The number of anilines is 2. The standard InChI is InChI=1S/C24H17BrFN5O3.C2H6/c1-13-30-31-24(33-13)14-4-3-5-15(8-14)34-16-6-7-20(19(26)9-16)29-23-17-10-18(25)22(32-2)11-21(17)27-12-28-23;1-2/h3-12H,1-2H3,(H,27,28,29);1-2H3. The molecule has 10 heteroatoms. The van der Waals surface area contributed by atoms with Gasteiger partial charge in [-0.2, -0.15) is 0 Å². The highest BCUT2D eigenvalue weighted by atomic mass is 79.9. The van der Waals surface area contributed by atoms with Crippen molar-refractivity contribution in [3.8, 4) is 28.7 Å². The SMILES string of the molecule is CC.COc1cc2ncnc(Nc3ccc(Oc4cccc(-c5nnc(C)o5)c4)cc3F)c2cc1Br. The molecule has 0 radical (unpaired) electrons. The molecule has 3 aromatic carbocycles. The van der Waals surface area contributed by atoms with Gasteiger partial charge in [-0.25, -0.2) is 14.4 Å². The van der Waals surface area contributed by atoms with Crippen LogP contribution in [0.5, 0.6) is 17.2 Å². The van der Waals surface area contributed by atoms with E-state index in [1.807, 2.05) is 26.0 Å². The Morgan fingerprint density at radius 1 is 0.972 bits per heavy atom. The molecule has 8 nitrogen and oxygen atoms in total. The van der Waals surface area contributed by atoms with E-state index in [0.717, 1.165) is 4.47 Å². The molecule has 0 spiro atoms. The summed E-state index contributed by atoms with van der Waals surface area (Å²) in [6, 6.07) is 15.3. The van der Waals surface area contributed by atoms with Crippen molar-refractivity contribution in [2.75, 3.05) is 12.4 Å². The highest BCUT2D eigenvalue weighted by Crippen LogP contribution is 2.34. The third kappa shape index (κ3) is 5.44. The van der Waals surface area contributed by atoms with Gasteiger partial charge in [-0.15, -0.1) is 10.2 Å². The third-order valence-electron chi connectivity index (χ3n) is 4.95. The zero-order valence-electron chi connectivity index (χ0n) is 20.0. The second-order valence-electron chi connectivity index (χ2n) is 7.25. The topological polar surface area (TPSA) is 95.2 Å². The van der Waals surface area contributed by atoms with Crippen LogP contribution < -0.4 is 14.8 Å². The Morgan fingerprint density at radius 3 is 2.50 bits per heavy atom. The molecule has 0 fully saturated rings. The number of nitrogens with one attached hydrogen (secondary N) is 1. The first-order valence-electron chi connectivity index (χ1n) is 11.1. The highest BCUT2D eigenvalue weighted by molar-refractivity contribution is 9.10. The van der Waals surface area contributed by atoms with Crippen molar-refractivity contribution in [1.82, 2.24) is 20.2 Å². The van der Waals surface area contributed by atoms with Gasteiger partial charge in [0.1, 0.15) is 35.2 Å². The number of benzene rings is 3. The number of nitrogens with zero attached hydrogens (tertiary/aromatic N) is 4. The maximum Gasteiger partial charge on any atom is 0.247 e. The largest absolute Gasteiger partial charge is 0.495 e. The predicted molar refractivity (Wildman–Crippen MR) is 139 cm³/mol. The van der Waals surface area contributed by atoms with E-state index in [4.69, 9.17) is 13.9 Å². The summed E-state index contributed by atoms with van der Waals surface area (Å²) >= 11 is 3.46. The molecule has 0 aliphatic carbocycles.